The highest BCUT2D eigenvalue weighted by Gasteiger charge is 2.10. The first-order valence-electron chi connectivity index (χ1n) is 4.39. The lowest BCUT2D eigenvalue weighted by molar-refractivity contribution is 0.417. The Labute approximate surface area is 86.9 Å². The Kier molecular flexibility index (Phi) is 2.45. The summed E-state index contributed by atoms with van der Waals surface area (Å²) in [5.41, 5.74) is 7.19. The van der Waals surface area contributed by atoms with Gasteiger partial charge in [-0.15, -0.1) is 0 Å². The molecular weight excluding hydrogens is 192 g/mol. The van der Waals surface area contributed by atoms with Crippen LogP contribution in [0.1, 0.15) is 0 Å². The van der Waals surface area contributed by atoms with Crippen molar-refractivity contribution in [3.05, 3.63) is 30.6 Å². The molecular formula is C10H10N4O. The molecule has 0 saturated heterocycles. The Balaban J connectivity index is 2.58. The Morgan fingerprint density at radius 1 is 1.27 bits per heavy atom. The second kappa shape index (κ2) is 3.91. The molecule has 0 bridgehead atoms. The minimum Gasteiger partial charge on any atom is -0.492 e. The first-order chi connectivity index (χ1) is 7.33. The molecule has 0 aromatic carbocycles. The summed E-state index contributed by atoms with van der Waals surface area (Å²) in [6, 6.07) is 5.43. The molecule has 0 aliphatic heterocycles. The standard InChI is InChI=1S/C10H10N4O/c1-15-9-7(4-6-12-10(9)11)8-3-2-5-13-14-8/h2-6H,1H3,(H2,11,12). The van der Waals surface area contributed by atoms with Crippen LogP contribution < -0.4 is 10.5 Å². The summed E-state index contributed by atoms with van der Waals surface area (Å²) in [7, 11) is 1.55. The summed E-state index contributed by atoms with van der Waals surface area (Å²) in [6.07, 6.45) is 3.22. The van der Waals surface area contributed by atoms with Crippen molar-refractivity contribution < 1.29 is 4.74 Å². The minimum absolute atomic E-state index is 0.348. The molecule has 0 aliphatic rings. The lowest BCUT2D eigenvalue weighted by atomic mass is 10.1. The van der Waals surface area contributed by atoms with E-state index in [4.69, 9.17) is 10.5 Å². The van der Waals surface area contributed by atoms with Crippen LogP contribution in [-0.2, 0) is 0 Å². The topological polar surface area (TPSA) is 73.9 Å². The van der Waals surface area contributed by atoms with Gasteiger partial charge in [-0.1, -0.05) is 0 Å². The number of pyridine rings is 1. The van der Waals surface area contributed by atoms with E-state index in [0.717, 1.165) is 5.56 Å². The summed E-state index contributed by atoms with van der Waals surface area (Å²) in [4.78, 5) is 3.94. The fourth-order valence-electron chi connectivity index (χ4n) is 1.33. The summed E-state index contributed by atoms with van der Waals surface area (Å²) in [6.45, 7) is 0. The van der Waals surface area contributed by atoms with Gasteiger partial charge in [0, 0.05) is 18.0 Å². The van der Waals surface area contributed by atoms with Crippen molar-refractivity contribution in [2.75, 3.05) is 12.8 Å². The van der Waals surface area contributed by atoms with Crippen molar-refractivity contribution in [2.45, 2.75) is 0 Å². The number of anilines is 1. The van der Waals surface area contributed by atoms with E-state index in [1.807, 2.05) is 6.07 Å². The van der Waals surface area contributed by atoms with Gasteiger partial charge in [-0.05, 0) is 18.2 Å². The molecule has 15 heavy (non-hydrogen) atoms. The summed E-state index contributed by atoms with van der Waals surface area (Å²) in [5, 5.41) is 7.78. The van der Waals surface area contributed by atoms with E-state index in [9.17, 15) is 0 Å². The lowest BCUT2D eigenvalue weighted by Gasteiger charge is -2.08. The van der Waals surface area contributed by atoms with Gasteiger partial charge in [0.05, 0.1) is 12.8 Å². The monoisotopic (exact) mass is 202 g/mol. The third-order valence-electron chi connectivity index (χ3n) is 1.98. The van der Waals surface area contributed by atoms with Crippen molar-refractivity contribution in [2.24, 2.45) is 0 Å². The average molecular weight is 202 g/mol. The number of ether oxygens (including phenoxy) is 1. The van der Waals surface area contributed by atoms with Crippen LogP contribution in [0.2, 0.25) is 0 Å². The number of methoxy groups -OCH3 is 1. The Morgan fingerprint density at radius 3 is 2.80 bits per heavy atom. The van der Waals surface area contributed by atoms with Crippen molar-refractivity contribution in [1.82, 2.24) is 15.2 Å². The molecule has 0 radical (unpaired) electrons. The maximum Gasteiger partial charge on any atom is 0.170 e. The number of nitrogen functional groups attached to an aromatic ring is 1. The molecule has 5 heteroatoms. The second-order valence-corrected chi connectivity index (χ2v) is 2.89. The normalized spacial score (nSPS) is 9.93. The van der Waals surface area contributed by atoms with E-state index in [1.165, 1.54) is 0 Å². The molecule has 0 spiro atoms. The lowest BCUT2D eigenvalue weighted by Crippen LogP contribution is -1.98. The largest absolute Gasteiger partial charge is 0.492 e. The van der Waals surface area contributed by atoms with Crippen LogP contribution in [0.3, 0.4) is 0 Å². The third kappa shape index (κ3) is 1.71. The molecule has 0 fully saturated rings. The van der Waals surface area contributed by atoms with Crippen molar-refractivity contribution in [1.29, 1.82) is 0 Å². The molecule has 5 nitrogen and oxygen atoms in total. The van der Waals surface area contributed by atoms with Crippen molar-refractivity contribution in [3.63, 3.8) is 0 Å². The number of nitrogens with zero attached hydrogens (tertiary/aromatic N) is 3. The molecule has 0 aliphatic carbocycles. The van der Waals surface area contributed by atoms with E-state index in [1.54, 1.807) is 31.6 Å². The molecule has 2 N–H and O–H groups in total. The Bertz CT molecular complexity index is 458. The number of rotatable bonds is 2. The molecule has 0 amide bonds. The first kappa shape index (κ1) is 9.39. The van der Waals surface area contributed by atoms with Gasteiger partial charge in [-0.25, -0.2) is 4.98 Å². The predicted molar refractivity (Wildman–Crippen MR) is 56.2 cm³/mol. The minimum atomic E-state index is 0.348. The molecule has 76 valence electrons. The Hall–Kier alpha value is -2.17. The van der Waals surface area contributed by atoms with E-state index in [-0.39, 0.29) is 0 Å². The number of aromatic nitrogens is 3. The fourth-order valence-corrected chi connectivity index (χ4v) is 1.33. The fraction of sp³-hybridized carbons (Fsp3) is 0.100. The van der Waals surface area contributed by atoms with E-state index in [0.29, 0.717) is 17.3 Å². The highest BCUT2D eigenvalue weighted by Crippen LogP contribution is 2.31. The zero-order valence-electron chi connectivity index (χ0n) is 8.21. The molecule has 2 aromatic heterocycles. The number of nitrogens with two attached hydrogens (primary N) is 1. The zero-order chi connectivity index (χ0) is 10.7. The summed E-state index contributed by atoms with van der Waals surface area (Å²) >= 11 is 0. The SMILES string of the molecule is COc1c(-c2cccnn2)ccnc1N. The Morgan fingerprint density at radius 2 is 2.13 bits per heavy atom. The maximum atomic E-state index is 5.68. The smallest absolute Gasteiger partial charge is 0.170 e. The van der Waals surface area contributed by atoms with Crippen LogP contribution in [0.4, 0.5) is 5.82 Å². The third-order valence-corrected chi connectivity index (χ3v) is 1.98. The molecule has 0 atom stereocenters. The van der Waals surface area contributed by atoms with Crippen LogP contribution in [0.25, 0.3) is 11.3 Å². The van der Waals surface area contributed by atoms with Crippen LogP contribution in [0.15, 0.2) is 30.6 Å². The number of hydrogen-bond donors (Lipinski definition) is 1. The van der Waals surface area contributed by atoms with E-state index in [2.05, 4.69) is 15.2 Å². The van der Waals surface area contributed by atoms with Gasteiger partial charge in [0.25, 0.3) is 0 Å². The van der Waals surface area contributed by atoms with Gasteiger partial charge in [0.15, 0.2) is 11.6 Å². The zero-order valence-corrected chi connectivity index (χ0v) is 8.21. The van der Waals surface area contributed by atoms with Crippen LogP contribution in [0, 0.1) is 0 Å². The van der Waals surface area contributed by atoms with Gasteiger partial charge in [-0.2, -0.15) is 10.2 Å². The highest BCUT2D eigenvalue weighted by atomic mass is 16.5. The number of hydrogen-bond acceptors (Lipinski definition) is 5. The van der Waals surface area contributed by atoms with Crippen LogP contribution in [-0.4, -0.2) is 22.3 Å². The van der Waals surface area contributed by atoms with Crippen LogP contribution >= 0.6 is 0 Å². The van der Waals surface area contributed by atoms with Gasteiger partial charge >= 0.3 is 0 Å². The maximum absolute atomic E-state index is 5.68. The average Bonchev–Trinajstić information content (AvgIpc) is 2.30. The van der Waals surface area contributed by atoms with Crippen LogP contribution in [0.5, 0.6) is 5.75 Å². The quantitative estimate of drug-likeness (QED) is 0.790. The molecule has 2 aromatic rings. The highest BCUT2D eigenvalue weighted by molar-refractivity contribution is 5.72. The van der Waals surface area contributed by atoms with Crippen molar-refractivity contribution in [3.8, 4) is 17.0 Å². The summed E-state index contributed by atoms with van der Waals surface area (Å²) < 4.78 is 5.18. The van der Waals surface area contributed by atoms with Crippen molar-refractivity contribution >= 4 is 5.82 Å². The van der Waals surface area contributed by atoms with E-state index < -0.39 is 0 Å². The predicted octanol–water partition coefficient (Wildman–Crippen LogP) is 1.13. The van der Waals surface area contributed by atoms with Gasteiger partial charge in [0.2, 0.25) is 0 Å². The van der Waals surface area contributed by atoms with Gasteiger partial charge in [-0.3, -0.25) is 0 Å². The molecule has 0 saturated carbocycles. The van der Waals surface area contributed by atoms with Gasteiger partial charge < -0.3 is 10.5 Å². The molecule has 2 heterocycles. The second-order valence-electron chi connectivity index (χ2n) is 2.89. The summed E-state index contributed by atoms with van der Waals surface area (Å²) in [5.74, 6) is 0.874. The molecule has 2 rings (SSSR count). The van der Waals surface area contributed by atoms with Gasteiger partial charge in [0.1, 0.15) is 0 Å². The molecule has 0 unspecified atom stereocenters. The first-order valence-corrected chi connectivity index (χ1v) is 4.39. The van der Waals surface area contributed by atoms with E-state index >= 15 is 0 Å².